The largest absolute Gasteiger partial charge is 0.317 e. The topological polar surface area (TPSA) is 79.2 Å². The molecule has 1 N–H and O–H groups in total. The Morgan fingerprint density at radius 2 is 0.714 bits per heavy atom. The van der Waals surface area contributed by atoms with Crippen LogP contribution in [0.4, 0.5) is 11.4 Å². The van der Waals surface area contributed by atoms with E-state index >= 15 is 0 Å². The van der Waals surface area contributed by atoms with Crippen molar-refractivity contribution in [2.75, 3.05) is 16.8 Å². The number of para-hydroxylation sites is 2. The molecule has 4 aromatic carbocycles. The number of nitrogens with one attached hydrogen (secondary N) is 1. The van der Waals surface area contributed by atoms with Crippen LogP contribution in [-0.4, -0.2) is 30.7 Å². The smallest absolute Gasteiger partial charge is 0.244 e. The number of hydrogen-bond donors (Lipinski definition) is 1. The summed E-state index contributed by atoms with van der Waals surface area (Å²) in [6.07, 6.45) is 0. The van der Waals surface area contributed by atoms with E-state index in [9.17, 15) is 19.2 Å². The van der Waals surface area contributed by atoms with E-state index in [4.69, 9.17) is 0 Å². The number of quaternary nitrogens is 1. The number of anilines is 2. The zero-order valence-corrected chi connectivity index (χ0v) is 22.9. The summed E-state index contributed by atoms with van der Waals surface area (Å²) in [4.78, 5) is 62.2. The standard InChI is InChI=1S/C35H27N3O4/c1-36-34(22-14-6-2-7-15-22)26-28(32(41)37(30(26)39)24-18-10-4-11-19-24)35(36,23-16-8-3-9-17-23)29-27(34)31(40)38(33(29)42)25-20-12-5-13-21-25/h2-21,26-29H,1H3/p+1/t26-,27-,28-,29-,34?,35?/m1/s1. The van der Waals surface area contributed by atoms with Crippen LogP contribution in [0.3, 0.4) is 0 Å². The van der Waals surface area contributed by atoms with Crippen LogP contribution in [0.2, 0.25) is 0 Å². The number of benzene rings is 4. The average molecular weight is 555 g/mol. The highest BCUT2D eigenvalue weighted by Crippen LogP contribution is 2.67. The average Bonchev–Trinajstić information content (AvgIpc) is 3.64. The lowest BCUT2D eigenvalue weighted by Gasteiger charge is -2.39. The van der Waals surface area contributed by atoms with E-state index in [0.717, 1.165) is 16.0 Å². The minimum atomic E-state index is -1.15. The molecule has 4 amide bonds. The summed E-state index contributed by atoms with van der Waals surface area (Å²) in [6, 6.07) is 37.1. The molecule has 4 atom stereocenters. The van der Waals surface area contributed by atoms with Crippen molar-refractivity contribution < 1.29 is 24.1 Å². The van der Waals surface area contributed by atoms with Gasteiger partial charge in [0.1, 0.15) is 34.7 Å². The van der Waals surface area contributed by atoms with Gasteiger partial charge in [0.05, 0.1) is 18.4 Å². The molecule has 8 rings (SSSR count). The number of carbonyl (C=O) groups is 4. The van der Waals surface area contributed by atoms with Gasteiger partial charge in [0.25, 0.3) is 0 Å². The SMILES string of the molecule is C[NH+]1C2(c3ccccc3)[C@H]3C(=O)N(c4ccccc4)C(=O)[C@@H]3C1(c1ccccc1)[C@H]1C(=O)N(c3ccccc3)C(=O)[C@@H]12. The van der Waals surface area contributed by atoms with Crippen molar-refractivity contribution in [1.82, 2.24) is 0 Å². The summed E-state index contributed by atoms with van der Waals surface area (Å²) in [7, 11) is 1.97. The first-order chi connectivity index (χ1) is 20.5. The Morgan fingerprint density at radius 3 is 1.00 bits per heavy atom. The summed E-state index contributed by atoms with van der Waals surface area (Å²) < 4.78 is 0. The first kappa shape index (κ1) is 24.9. The van der Waals surface area contributed by atoms with Crippen LogP contribution in [0.15, 0.2) is 121 Å². The normalized spacial score (nSPS) is 32.9. The predicted molar refractivity (Wildman–Crippen MR) is 155 cm³/mol. The van der Waals surface area contributed by atoms with Gasteiger partial charge in [-0.1, -0.05) is 97.1 Å². The van der Waals surface area contributed by atoms with Crippen LogP contribution in [0.25, 0.3) is 0 Å². The van der Waals surface area contributed by atoms with Crippen LogP contribution in [-0.2, 0) is 30.3 Å². The molecule has 4 fully saturated rings. The molecule has 7 heteroatoms. The highest BCUT2D eigenvalue weighted by molar-refractivity contribution is 6.27. The molecule has 4 aromatic rings. The van der Waals surface area contributed by atoms with E-state index in [-0.39, 0.29) is 23.6 Å². The molecule has 0 spiro atoms. The summed E-state index contributed by atoms with van der Waals surface area (Å²) in [6.45, 7) is 0. The summed E-state index contributed by atoms with van der Waals surface area (Å²) in [5.41, 5.74) is 0.265. The lowest BCUT2D eigenvalue weighted by molar-refractivity contribution is -0.973. The number of imide groups is 2. The second-order valence-electron chi connectivity index (χ2n) is 11.7. The lowest BCUT2D eigenvalue weighted by atomic mass is 9.55. The Balaban J connectivity index is 1.46. The lowest BCUT2D eigenvalue weighted by Crippen LogP contribution is -3.19. The number of carbonyl (C=O) groups excluding carboxylic acids is 4. The molecule has 4 aliphatic rings. The van der Waals surface area contributed by atoms with Crippen molar-refractivity contribution >= 4 is 35.0 Å². The van der Waals surface area contributed by atoms with Crippen molar-refractivity contribution in [3.8, 4) is 0 Å². The monoisotopic (exact) mass is 554 g/mol. The minimum Gasteiger partial charge on any atom is -0.317 e. The highest BCUT2D eigenvalue weighted by Gasteiger charge is 2.92. The van der Waals surface area contributed by atoms with E-state index in [1.807, 2.05) is 79.8 Å². The first-order valence-corrected chi connectivity index (χ1v) is 14.3. The Hall–Kier alpha value is -4.88. The fraction of sp³-hybridized carbons (Fsp3) is 0.200. The van der Waals surface area contributed by atoms with Crippen molar-refractivity contribution in [3.05, 3.63) is 132 Å². The Bertz CT molecular complexity index is 1580. The highest BCUT2D eigenvalue weighted by atomic mass is 16.2. The van der Waals surface area contributed by atoms with E-state index < -0.39 is 34.7 Å². The summed E-state index contributed by atoms with van der Waals surface area (Å²) >= 11 is 0. The fourth-order valence-electron chi connectivity index (χ4n) is 9.08. The van der Waals surface area contributed by atoms with Gasteiger partial charge < -0.3 is 4.90 Å². The first-order valence-electron chi connectivity index (χ1n) is 14.3. The summed E-state index contributed by atoms with van der Waals surface area (Å²) in [5.74, 6) is -4.68. The van der Waals surface area contributed by atoms with Crippen LogP contribution < -0.4 is 14.7 Å². The zero-order chi connectivity index (χ0) is 28.8. The van der Waals surface area contributed by atoms with Gasteiger partial charge in [-0.25, -0.2) is 9.80 Å². The van der Waals surface area contributed by atoms with Crippen molar-refractivity contribution in [3.63, 3.8) is 0 Å². The van der Waals surface area contributed by atoms with Gasteiger partial charge >= 0.3 is 0 Å². The molecule has 0 radical (unpaired) electrons. The van der Waals surface area contributed by atoms with Gasteiger partial charge in [0, 0.05) is 11.1 Å². The van der Waals surface area contributed by atoms with Crippen molar-refractivity contribution in [2.45, 2.75) is 11.1 Å². The van der Waals surface area contributed by atoms with E-state index in [2.05, 4.69) is 0 Å². The van der Waals surface area contributed by atoms with Gasteiger partial charge in [-0.15, -0.1) is 0 Å². The molecule has 0 aliphatic carbocycles. The van der Waals surface area contributed by atoms with Crippen LogP contribution in [0.5, 0.6) is 0 Å². The number of rotatable bonds is 4. The maximum absolute atomic E-state index is 14.7. The van der Waals surface area contributed by atoms with E-state index in [1.165, 1.54) is 9.80 Å². The van der Waals surface area contributed by atoms with Gasteiger partial charge in [-0.3, -0.25) is 19.2 Å². The molecular weight excluding hydrogens is 526 g/mol. The molecular formula is C35H28N3O4+. The summed E-state index contributed by atoms with van der Waals surface area (Å²) in [5, 5.41) is 0. The molecule has 4 heterocycles. The molecule has 206 valence electrons. The fourth-order valence-corrected chi connectivity index (χ4v) is 9.08. The maximum Gasteiger partial charge on any atom is 0.244 e. The Kier molecular flexibility index (Phi) is 5.07. The maximum atomic E-state index is 14.7. The molecule has 42 heavy (non-hydrogen) atoms. The van der Waals surface area contributed by atoms with E-state index in [0.29, 0.717) is 11.4 Å². The van der Waals surface area contributed by atoms with Crippen molar-refractivity contribution in [2.24, 2.45) is 23.7 Å². The number of nitrogens with zero attached hydrogens (tertiary/aromatic N) is 2. The van der Waals surface area contributed by atoms with Gasteiger partial charge in [0.2, 0.25) is 23.6 Å². The molecule has 0 unspecified atom stereocenters. The van der Waals surface area contributed by atoms with Gasteiger partial charge in [-0.05, 0) is 24.3 Å². The quantitative estimate of drug-likeness (QED) is 0.394. The predicted octanol–water partition coefficient (Wildman–Crippen LogP) is 2.93. The third-order valence-electron chi connectivity index (χ3n) is 10.3. The van der Waals surface area contributed by atoms with Gasteiger partial charge in [-0.2, -0.15) is 0 Å². The van der Waals surface area contributed by atoms with Crippen molar-refractivity contribution in [1.29, 1.82) is 0 Å². The molecule has 0 aromatic heterocycles. The molecule has 4 saturated heterocycles. The minimum absolute atomic E-state index is 0.325. The number of hydrogen-bond acceptors (Lipinski definition) is 4. The van der Waals surface area contributed by atoms with Gasteiger partial charge in [0.15, 0.2) is 0 Å². The molecule has 4 aliphatic heterocycles. The second-order valence-corrected chi connectivity index (χ2v) is 11.7. The van der Waals surface area contributed by atoms with E-state index in [1.54, 1.807) is 48.5 Å². The molecule has 0 saturated carbocycles. The molecule has 7 nitrogen and oxygen atoms in total. The second kappa shape index (κ2) is 8.57. The number of amides is 4. The van der Waals surface area contributed by atoms with Crippen LogP contribution in [0, 0.1) is 23.7 Å². The third kappa shape index (κ3) is 2.70. The van der Waals surface area contributed by atoms with Crippen LogP contribution in [0.1, 0.15) is 11.1 Å². The number of fused-ring (bicyclic) bond motifs is 8. The Labute approximate surface area is 243 Å². The Morgan fingerprint density at radius 1 is 0.452 bits per heavy atom. The van der Waals surface area contributed by atoms with Crippen LogP contribution >= 0.6 is 0 Å². The molecule has 2 bridgehead atoms. The third-order valence-corrected chi connectivity index (χ3v) is 10.3. The zero-order valence-electron chi connectivity index (χ0n) is 22.9.